The van der Waals surface area contributed by atoms with Crippen molar-refractivity contribution >= 4 is 10.9 Å². The Labute approximate surface area is 119 Å². The summed E-state index contributed by atoms with van der Waals surface area (Å²) in [6, 6.07) is 10.4. The zero-order valence-corrected chi connectivity index (χ0v) is 13.2. The van der Waals surface area contributed by atoms with Gasteiger partial charge in [-0.2, -0.15) is 0 Å². The van der Waals surface area contributed by atoms with Gasteiger partial charge in [-0.25, -0.2) is 0 Å². The van der Waals surface area contributed by atoms with E-state index >= 15 is 0 Å². The molecule has 0 aliphatic rings. The summed E-state index contributed by atoms with van der Waals surface area (Å²) in [5, 5.41) is 0. The molecule has 0 heterocycles. The van der Waals surface area contributed by atoms with E-state index in [0.29, 0.717) is 25.7 Å². The Kier molecular flexibility index (Phi) is 7.46. The molecule has 4 heteroatoms. The van der Waals surface area contributed by atoms with Gasteiger partial charge in [0, 0.05) is 0 Å². The third kappa shape index (κ3) is 5.15. The summed E-state index contributed by atoms with van der Waals surface area (Å²) >= 11 is 0. The Morgan fingerprint density at radius 1 is 0.895 bits per heavy atom. The highest BCUT2D eigenvalue weighted by molar-refractivity contribution is 8.21. The molecule has 0 aliphatic carbocycles. The van der Waals surface area contributed by atoms with Crippen LogP contribution < -0.4 is 0 Å². The predicted octanol–water partition coefficient (Wildman–Crippen LogP) is 4.45. The van der Waals surface area contributed by atoms with Crippen molar-refractivity contribution in [3.05, 3.63) is 35.9 Å². The van der Waals surface area contributed by atoms with Crippen LogP contribution in [0, 0.1) is 0 Å². The van der Waals surface area contributed by atoms with Crippen LogP contribution in [0.15, 0.2) is 30.3 Å². The van der Waals surface area contributed by atoms with Gasteiger partial charge < -0.3 is 0 Å². The van der Waals surface area contributed by atoms with Crippen LogP contribution >= 0.6 is 10.9 Å². The quantitative estimate of drug-likeness (QED) is 0.671. The molecule has 0 N–H and O–H groups in total. The van der Waals surface area contributed by atoms with Crippen LogP contribution in [0.2, 0.25) is 0 Å². The summed E-state index contributed by atoms with van der Waals surface area (Å²) in [7, 11) is -1.89. The highest BCUT2D eigenvalue weighted by atomic mass is 32.3. The molecule has 1 atom stereocenters. The molecule has 0 saturated heterocycles. The van der Waals surface area contributed by atoms with Gasteiger partial charge in [0.1, 0.15) is 0 Å². The second-order valence-corrected chi connectivity index (χ2v) is 6.41. The lowest BCUT2D eigenvalue weighted by Gasteiger charge is -2.38. The van der Waals surface area contributed by atoms with E-state index in [1.165, 1.54) is 5.56 Å². The van der Waals surface area contributed by atoms with Gasteiger partial charge in [0.15, 0.2) is 0 Å². The van der Waals surface area contributed by atoms with E-state index in [0.717, 1.165) is 5.75 Å². The fourth-order valence-electron chi connectivity index (χ4n) is 1.97. The molecule has 1 aromatic rings. The van der Waals surface area contributed by atoms with Gasteiger partial charge in [0.05, 0.1) is 36.4 Å². The second kappa shape index (κ2) is 8.59. The minimum atomic E-state index is -1.89. The van der Waals surface area contributed by atoms with Crippen LogP contribution in [-0.2, 0) is 12.5 Å². The summed E-state index contributed by atoms with van der Waals surface area (Å²) in [5.41, 5.74) is 1.29. The Hall–Kier alpha value is -0.550. The summed E-state index contributed by atoms with van der Waals surface area (Å²) in [4.78, 5) is 0. The SMILES string of the molecule is CCOS(CC(C)c1ccccc1)(OCC)OCC. The summed E-state index contributed by atoms with van der Waals surface area (Å²) in [6.45, 7) is 9.95. The molecule has 1 unspecified atom stereocenters. The van der Waals surface area contributed by atoms with Crippen molar-refractivity contribution in [3.63, 3.8) is 0 Å². The Morgan fingerprint density at radius 2 is 1.37 bits per heavy atom. The molecule has 0 bridgehead atoms. The first-order chi connectivity index (χ1) is 9.17. The molecule has 1 aromatic carbocycles. The van der Waals surface area contributed by atoms with Crippen molar-refractivity contribution in [2.45, 2.75) is 33.6 Å². The van der Waals surface area contributed by atoms with Crippen LogP contribution in [0.1, 0.15) is 39.2 Å². The van der Waals surface area contributed by atoms with Gasteiger partial charge in [0.2, 0.25) is 0 Å². The van der Waals surface area contributed by atoms with Crippen LogP contribution in [0.25, 0.3) is 0 Å². The molecule has 0 radical (unpaired) electrons. The number of hydrogen-bond acceptors (Lipinski definition) is 3. The molecule has 0 spiro atoms. The minimum Gasteiger partial charge on any atom is -0.293 e. The summed E-state index contributed by atoms with van der Waals surface area (Å²) < 4.78 is 17.5. The fourth-order valence-corrected chi connectivity index (χ4v) is 4.34. The number of rotatable bonds is 9. The molecule has 19 heavy (non-hydrogen) atoms. The smallest absolute Gasteiger partial charge is 0.0893 e. The predicted molar refractivity (Wildman–Crippen MR) is 82.2 cm³/mol. The third-order valence-electron chi connectivity index (χ3n) is 2.71. The van der Waals surface area contributed by atoms with Crippen LogP contribution in [0.3, 0.4) is 0 Å². The van der Waals surface area contributed by atoms with Crippen LogP contribution in [-0.4, -0.2) is 25.6 Å². The van der Waals surface area contributed by atoms with Crippen molar-refractivity contribution < 1.29 is 12.5 Å². The van der Waals surface area contributed by atoms with E-state index in [1.54, 1.807) is 0 Å². The third-order valence-corrected chi connectivity index (χ3v) is 5.41. The molecule has 0 aliphatic heterocycles. The van der Waals surface area contributed by atoms with Crippen LogP contribution in [0.4, 0.5) is 0 Å². The van der Waals surface area contributed by atoms with Crippen molar-refractivity contribution in [3.8, 4) is 0 Å². The molecule has 3 nitrogen and oxygen atoms in total. The second-order valence-electron chi connectivity index (χ2n) is 4.26. The molecular weight excluding hydrogens is 260 g/mol. The minimum absolute atomic E-state index is 0.348. The van der Waals surface area contributed by atoms with Crippen molar-refractivity contribution in [2.75, 3.05) is 25.6 Å². The van der Waals surface area contributed by atoms with Gasteiger partial charge in [-0.3, -0.25) is 12.5 Å². The van der Waals surface area contributed by atoms with Crippen molar-refractivity contribution in [2.24, 2.45) is 0 Å². The van der Waals surface area contributed by atoms with Crippen molar-refractivity contribution in [1.29, 1.82) is 0 Å². The van der Waals surface area contributed by atoms with Gasteiger partial charge in [-0.1, -0.05) is 37.3 Å². The topological polar surface area (TPSA) is 27.7 Å². The lowest BCUT2D eigenvalue weighted by atomic mass is 10.0. The standard InChI is InChI=1S/C15H26O3S/c1-5-16-19(17-6-2,18-7-3)13-14(4)15-11-9-8-10-12-15/h8-12,14H,5-7,13H2,1-4H3. The average molecular weight is 286 g/mol. The van der Waals surface area contributed by atoms with E-state index < -0.39 is 10.9 Å². The molecule has 1 rings (SSSR count). The molecule has 0 amide bonds. The van der Waals surface area contributed by atoms with Gasteiger partial charge >= 0.3 is 0 Å². The maximum Gasteiger partial charge on any atom is 0.0893 e. The highest BCUT2D eigenvalue weighted by Gasteiger charge is 2.29. The summed E-state index contributed by atoms with van der Waals surface area (Å²) in [6.07, 6.45) is 0. The molecular formula is C15H26O3S. The largest absolute Gasteiger partial charge is 0.293 e. The fraction of sp³-hybridized carbons (Fsp3) is 0.600. The van der Waals surface area contributed by atoms with Crippen LogP contribution in [0.5, 0.6) is 0 Å². The van der Waals surface area contributed by atoms with Gasteiger partial charge in [0.25, 0.3) is 0 Å². The summed E-state index contributed by atoms with van der Waals surface area (Å²) in [5.74, 6) is 1.12. The van der Waals surface area contributed by atoms with E-state index in [9.17, 15) is 0 Å². The maximum atomic E-state index is 5.84. The Bertz CT molecular complexity index is 325. The van der Waals surface area contributed by atoms with E-state index in [4.69, 9.17) is 12.5 Å². The lowest BCUT2D eigenvalue weighted by molar-refractivity contribution is 0.184. The average Bonchev–Trinajstić information content (AvgIpc) is 2.40. The monoisotopic (exact) mass is 286 g/mol. The van der Waals surface area contributed by atoms with Crippen molar-refractivity contribution in [1.82, 2.24) is 0 Å². The highest BCUT2D eigenvalue weighted by Crippen LogP contribution is 2.54. The molecule has 0 fully saturated rings. The Balaban J connectivity index is 2.80. The maximum absolute atomic E-state index is 5.84. The van der Waals surface area contributed by atoms with Gasteiger partial charge in [-0.15, -0.1) is 0 Å². The first-order valence-corrected chi connectivity index (χ1v) is 8.54. The number of benzene rings is 1. The first-order valence-electron chi connectivity index (χ1n) is 6.96. The van der Waals surface area contributed by atoms with E-state index in [-0.39, 0.29) is 0 Å². The van der Waals surface area contributed by atoms with E-state index in [2.05, 4.69) is 31.2 Å². The van der Waals surface area contributed by atoms with Gasteiger partial charge in [-0.05, 0) is 32.3 Å². The lowest BCUT2D eigenvalue weighted by Crippen LogP contribution is -2.19. The molecule has 110 valence electrons. The number of hydrogen-bond donors (Lipinski definition) is 0. The van der Waals surface area contributed by atoms with E-state index in [1.807, 2.05) is 26.8 Å². The zero-order chi connectivity index (χ0) is 14.1. The molecule has 0 saturated carbocycles. The molecule has 0 aromatic heterocycles. The normalized spacial score (nSPS) is 14.3. The first kappa shape index (κ1) is 16.5. The Morgan fingerprint density at radius 3 is 1.79 bits per heavy atom. The zero-order valence-electron chi connectivity index (χ0n) is 12.4.